The molecule has 0 aliphatic carbocycles. The maximum atomic E-state index is 11.3. The number of benzene rings is 1. The maximum Gasteiger partial charge on any atom is 0.420 e. The second kappa shape index (κ2) is 2.13. The molecule has 1 aromatic heterocycles. The Hall–Kier alpha value is -1.77. The molecule has 0 unspecified atom stereocenters. The van der Waals surface area contributed by atoms with Gasteiger partial charge in [0.05, 0.1) is 5.52 Å². The van der Waals surface area contributed by atoms with E-state index in [1.54, 1.807) is 4.57 Å². The van der Waals surface area contributed by atoms with Crippen LogP contribution in [0.5, 0.6) is 0 Å². The van der Waals surface area contributed by atoms with Crippen molar-refractivity contribution in [2.24, 2.45) is 0 Å². The zero-order valence-electron chi connectivity index (χ0n) is 6.86. The molecule has 0 saturated carbocycles. The summed E-state index contributed by atoms with van der Waals surface area (Å²) in [5.41, 5.74) is 2.64. The van der Waals surface area contributed by atoms with Crippen LogP contribution in [0.1, 0.15) is 5.56 Å². The molecule has 0 fully saturated rings. The topological polar surface area (TPSA) is 35.1 Å². The number of hydrogen-bond donors (Lipinski definition) is 0. The zero-order valence-corrected chi connectivity index (χ0v) is 6.86. The average molecular weight is 173 g/mol. The van der Waals surface area contributed by atoms with Crippen LogP contribution in [0.3, 0.4) is 0 Å². The van der Waals surface area contributed by atoms with Gasteiger partial charge in [-0.3, -0.25) is 4.57 Å². The van der Waals surface area contributed by atoms with Crippen LogP contribution in [-0.4, -0.2) is 4.57 Å². The molecule has 2 aromatic rings. The molecule has 3 heteroatoms. The quantitative estimate of drug-likeness (QED) is 0.606. The van der Waals surface area contributed by atoms with E-state index in [0.29, 0.717) is 12.1 Å². The lowest BCUT2D eigenvalue weighted by Crippen LogP contribution is -2.14. The number of hydrogen-bond acceptors (Lipinski definition) is 2. The van der Waals surface area contributed by atoms with Gasteiger partial charge in [0.1, 0.15) is 0 Å². The SMILES string of the molecule is O=c1oc2cccc3c2n1CC=C3. The lowest BCUT2D eigenvalue weighted by Gasteiger charge is -2.05. The van der Waals surface area contributed by atoms with Crippen molar-refractivity contribution >= 4 is 17.2 Å². The Balaban J connectivity index is 2.64. The van der Waals surface area contributed by atoms with Gasteiger partial charge in [-0.15, -0.1) is 0 Å². The summed E-state index contributed by atoms with van der Waals surface area (Å²) in [5.74, 6) is -0.271. The fourth-order valence-electron chi connectivity index (χ4n) is 1.74. The van der Waals surface area contributed by atoms with Gasteiger partial charge in [-0.2, -0.15) is 0 Å². The predicted molar refractivity (Wildman–Crippen MR) is 49.5 cm³/mol. The molecule has 0 N–H and O–H groups in total. The number of aromatic nitrogens is 1. The fraction of sp³-hybridized carbons (Fsp3) is 0.100. The summed E-state index contributed by atoms with van der Waals surface area (Å²) in [7, 11) is 0. The Bertz CT molecular complexity index is 560. The molecule has 13 heavy (non-hydrogen) atoms. The van der Waals surface area contributed by atoms with Crippen LogP contribution >= 0.6 is 0 Å². The summed E-state index contributed by atoms with van der Waals surface area (Å²) in [6.07, 6.45) is 3.97. The van der Waals surface area contributed by atoms with E-state index in [1.165, 1.54) is 0 Å². The Morgan fingerprint density at radius 2 is 2.31 bits per heavy atom. The van der Waals surface area contributed by atoms with Gasteiger partial charge < -0.3 is 4.42 Å². The Morgan fingerprint density at radius 3 is 3.23 bits per heavy atom. The van der Waals surface area contributed by atoms with Crippen LogP contribution < -0.4 is 5.76 Å². The zero-order chi connectivity index (χ0) is 8.84. The van der Waals surface area contributed by atoms with E-state index in [9.17, 15) is 4.79 Å². The van der Waals surface area contributed by atoms with Gasteiger partial charge in [0.15, 0.2) is 5.58 Å². The summed E-state index contributed by atoms with van der Waals surface area (Å²) in [6, 6.07) is 5.68. The molecular weight excluding hydrogens is 166 g/mol. The molecule has 0 saturated heterocycles. The number of oxazole rings is 1. The highest BCUT2D eigenvalue weighted by Crippen LogP contribution is 2.21. The summed E-state index contributed by atoms with van der Waals surface area (Å²) in [5, 5.41) is 0. The van der Waals surface area contributed by atoms with Gasteiger partial charge in [0.25, 0.3) is 0 Å². The molecule has 1 aliphatic heterocycles. The van der Waals surface area contributed by atoms with E-state index in [1.807, 2.05) is 30.4 Å². The smallest absolute Gasteiger partial charge is 0.408 e. The normalized spacial score (nSPS) is 13.8. The van der Waals surface area contributed by atoms with E-state index >= 15 is 0 Å². The van der Waals surface area contributed by atoms with Crippen molar-refractivity contribution in [3.8, 4) is 0 Å². The van der Waals surface area contributed by atoms with E-state index in [2.05, 4.69) is 0 Å². The van der Waals surface area contributed by atoms with Gasteiger partial charge in [-0.25, -0.2) is 4.79 Å². The van der Waals surface area contributed by atoms with Crippen molar-refractivity contribution in [3.05, 3.63) is 40.4 Å². The van der Waals surface area contributed by atoms with E-state index < -0.39 is 0 Å². The van der Waals surface area contributed by atoms with Crippen molar-refractivity contribution in [2.75, 3.05) is 0 Å². The third kappa shape index (κ3) is 0.758. The second-order valence-corrected chi connectivity index (χ2v) is 3.07. The first-order valence-corrected chi connectivity index (χ1v) is 4.15. The van der Waals surface area contributed by atoms with E-state index in [0.717, 1.165) is 11.1 Å². The van der Waals surface area contributed by atoms with Gasteiger partial charge in [-0.05, 0) is 6.07 Å². The minimum Gasteiger partial charge on any atom is -0.408 e. The third-order valence-electron chi connectivity index (χ3n) is 2.30. The molecule has 3 rings (SSSR count). The van der Waals surface area contributed by atoms with Crippen LogP contribution in [0.15, 0.2) is 33.5 Å². The first-order valence-electron chi connectivity index (χ1n) is 4.15. The van der Waals surface area contributed by atoms with Gasteiger partial charge in [0.2, 0.25) is 0 Å². The standard InChI is InChI=1S/C10H7NO2/c12-10-11-6-2-4-7-3-1-5-8(13-10)9(7)11/h1-5H,6H2. The minimum absolute atomic E-state index is 0.271. The van der Waals surface area contributed by atoms with Crippen molar-refractivity contribution < 1.29 is 4.42 Å². The molecule has 0 atom stereocenters. The van der Waals surface area contributed by atoms with Crippen LogP contribution in [-0.2, 0) is 6.54 Å². The molecule has 64 valence electrons. The van der Waals surface area contributed by atoms with Gasteiger partial charge >= 0.3 is 5.76 Å². The first-order chi connectivity index (χ1) is 6.36. The predicted octanol–water partition coefficient (Wildman–Crippen LogP) is 1.62. The fourth-order valence-corrected chi connectivity index (χ4v) is 1.74. The molecular formula is C10H7NO2. The third-order valence-corrected chi connectivity index (χ3v) is 2.30. The Kier molecular flexibility index (Phi) is 1.10. The first kappa shape index (κ1) is 6.71. The van der Waals surface area contributed by atoms with Crippen molar-refractivity contribution in [1.29, 1.82) is 0 Å². The number of para-hydroxylation sites is 1. The molecule has 2 heterocycles. The van der Waals surface area contributed by atoms with Crippen molar-refractivity contribution in [1.82, 2.24) is 4.57 Å². The molecule has 0 radical (unpaired) electrons. The highest BCUT2D eigenvalue weighted by molar-refractivity contribution is 5.84. The summed E-state index contributed by atoms with van der Waals surface area (Å²) < 4.78 is 6.72. The van der Waals surface area contributed by atoms with Crippen LogP contribution in [0, 0.1) is 0 Å². The van der Waals surface area contributed by atoms with Crippen molar-refractivity contribution in [2.45, 2.75) is 6.54 Å². The maximum absolute atomic E-state index is 11.3. The highest BCUT2D eigenvalue weighted by atomic mass is 16.4. The number of nitrogens with zero attached hydrogens (tertiary/aromatic N) is 1. The molecule has 1 aliphatic rings. The second-order valence-electron chi connectivity index (χ2n) is 3.07. The lowest BCUT2D eigenvalue weighted by molar-refractivity contribution is 0.519. The summed E-state index contributed by atoms with van der Waals surface area (Å²) in [4.78, 5) is 11.3. The van der Waals surface area contributed by atoms with E-state index in [4.69, 9.17) is 4.42 Å². The number of rotatable bonds is 0. The molecule has 1 aromatic carbocycles. The van der Waals surface area contributed by atoms with E-state index in [-0.39, 0.29) is 5.76 Å². The monoisotopic (exact) mass is 173 g/mol. The largest absolute Gasteiger partial charge is 0.420 e. The molecule has 0 bridgehead atoms. The summed E-state index contributed by atoms with van der Waals surface area (Å²) in [6.45, 7) is 0.614. The minimum atomic E-state index is -0.271. The molecule has 0 spiro atoms. The summed E-state index contributed by atoms with van der Waals surface area (Å²) >= 11 is 0. The Morgan fingerprint density at radius 1 is 1.38 bits per heavy atom. The Labute approximate surface area is 73.9 Å². The molecule has 0 amide bonds. The highest BCUT2D eigenvalue weighted by Gasteiger charge is 2.12. The van der Waals surface area contributed by atoms with Crippen molar-refractivity contribution in [3.63, 3.8) is 0 Å². The average Bonchev–Trinajstić information content (AvgIpc) is 2.47. The van der Waals surface area contributed by atoms with Crippen LogP contribution in [0.2, 0.25) is 0 Å². The van der Waals surface area contributed by atoms with Gasteiger partial charge in [-0.1, -0.05) is 24.3 Å². The van der Waals surface area contributed by atoms with Crippen LogP contribution in [0.25, 0.3) is 17.2 Å². The van der Waals surface area contributed by atoms with Gasteiger partial charge in [0, 0.05) is 12.1 Å². The lowest BCUT2D eigenvalue weighted by atomic mass is 10.1. The number of allylic oxidation sites excluding steroid dienone is 1. The molecule has 3 nitrogen and oxygen atoms in total. The van der Waals surface area contributed by atoms with Crippen LogP contribution in [0.4, 0.5) is 0 Å².